The van der Waals surface area contributed by atoms with Gasteiger partial charge in [-0.25, -0.2) is 4.39 Å². The van der Waals surface area contributed by atoms with Gasteiger partial charge in [0.15, 0.2) is 0 Å². The number of aryl methyl sites for hydroxylation is 2. The molecule has 5 heteroatoms. The van der Waals surface area contributed by atoms with Gasteiger partial charge in [-0.05, 0) is 47.9 Å². The number of aromatic hydroxyl groups is 1. The normalized spacial score (nSPS) is 10.6. The van der Waals surface area contributed by atoms with Crippen molar-refractivity contribution in [2.45, 2.75) is 19.6 Å². The lowest BCUT2D eigenvalue weighted by Crippen LogP contribution is -2.19. The van der Waals surface area contributed by atoms with Crippen molar-refractivity contribution in [1.82, 2.24) is 4.57 Å². The Morgan fingerprint density at radius 3 is 2.32 bits per heavy atom. The third kappa shape index (κ3) is 4.70. The highest BCUT2D eigenvalue weighted by atomic mass is 19.1. The second-order valence-electron chi connectivity index (χ2n) is 5.73. The Balaban J connectivity index is 1.59. The number of benzene rings is 2. The predicted molar refractivity (Wildman–Crippen MR) is 93.2 cm³/mol. The number of phenolic OH excluding ortho intramolecular Hbond substituents is 1. The molecule has 4 nitrogen and oxygen atoms in total. The van der Waals surface area contributed by atoms with Gasteiger partial charge in [-0.15, -0.1) is 0 Å². The quantitative estimate of drug-likeness (QED) is 0.748. The van der Waals surface area contributed by atoms with Crippen molar-refractivity contribution in [1.29, 1.82) is 0 Å². The molecule has 3 rings (SSSR count). The third-order valence-electron chi connectivity index (χ3n) is 3.86. The Hall–Kier alpha value is -3.08. The number of hydrogen-bond donors (Lipinski definition) is 1. The molecule has 1 N–H and O–H groups in total. The maximum absolute atomic E-state index is 12.9. The van der Waals surface area contributed by atoms with Crippen LogP contribution < -0.4 is 10.3 Å². The van der Waals surface area contributed by atoms with Crippen molar-refractivity contribution in [3.05, 3.63) is 94.2 Å². The summed E-state index contributed by atoms with van der Waals surface area (Å²) < 4.78 is 20.1. The van der Waals surface area contributed by atoms with Crippen LogP contribution in [0.5, 0.6) is 11.5 Å². The monoisotopic (exact) mass is 339 g/mol. The van der Waals surface area contributed by atoms with Gasteiger partial charge < -0.3 is 14.4 Å². The molecule has 128 valence electrons. The van der Waals surface area contributed by atoms with Gasteiger partial charge in [0.2, 0.25) is 0 Å². The van der Waals surface area contributed by atoms with Crippen LogP contribution in [0.25, 0.3) is 0 Å². The van der Waals surface area contributed by atoms with Crippen LogP contribution in [0, 0.1) is 5.82 Å². The first kappa shape index (κ1) is 16.8. The van der Waals surface area contributed by atoms with E-state index in [0.29, 0.717) is 18.7 Å². The van der Waals surface area contributed by atoms with Crippen LogP contribution in [-0.4, -0.2) is 9.67 Å². The lowest BCUT2D eigenvalue weighted by Gasteiger charge is -2.09. The van der Waals surface area contributed by atoms with Gasteiger partial charge in [0.25, 0.3) is 5.56 Å². The average molecular weight is 339 g/mol. The largest absolute Gasteiger partial charge is 0.508 e. The number of aromatic nitrogens is 1. The Morgan fingerprint density at radius 2 is 1.64 bits per heavy atom. The summed E-state index contributed by atoms with van der Waals surface area (Å²) in [5, 5.41) is 9.28. The van der Waals surface area contributed by atoms with Crippen LogP contribution in [0.4, 0.5) is 4.39 Å². The molecule has 25 heavy (non-hydrogen) atoms. The molecule has 0 saturated carbocycles. The van der Waals surface area contributed by atoms with Crippen LogP contribution in [-0.2, 0) is 19.6 Å². The number of halogens is 1. The Kier molecular flexibility index (Phi) is 5.14. The van der Waals surface area contributed by atoms with Crippen molar-refractivity contribution in [2.24, 2.45) is 0 Å². The Labute approximate surface area is 144 Å². The van der Waals surface area contributed by atoms with E-state index >= 15 is 0 Å². The molecule has 0 fully saturated rings. The van der Waals surface area contributed by atoms with Gasteiger partial charge >= 0.3 is 0 Å². The van der Waals surface area contributed by atoms with E-state index in [1.807, 2.05) is 12.1 Å². The van der Waals surface area contributed by atoms with E-state index in [4.69, 9.17) is 4.74 Å². The van der Waals surface area contributed by atoms with Gasteiger partial charge in [0, 0.05) is 18.8 Å². The van der Waals surface area contributed by atoms with E-state index in [9.17, 15) is 14.3 Å². The number of rotatable bonds is 6. The zero-order chi connectivity index (χ0) is 17.6. The fourth-order valence-electron chi connectivity index (χ4n) is 2.42. The summed E-state index contributed by atoms with van der Waals surface area (Å²) >= 11 is 0. The molecule has 0 bridgehead atoms. The van der Waals surface area contributed by atoms with Crippen LogP contribution >= 0.6 is 0 Å². The molecule has 2 aromatic carbocycles. The average Bonchev–Trinajstić information content (AvgIpc) is 2.62. The minimum Gasteiger partial charge on any atom is -0.508 e. The molecular weight excluding hydrogens is 321 g/mol. The molecule has 0 atom stereocenters. The molecule has 0 aliphatic rings. The zero-order valence-corrected chi connectivity index (χ0v) is 13.6. The molecule has 3 aromatic rings. The second-order valence-corrected chi connectivity index (χ2v) is 5.73. The molecule has 1 aromatic heterocycles. The van der Waals surface area contributed by atoms with Gasteiger partial charge in [0.05, 0.1) is 0 Å². The zero-order valence-electron chi connectivity index (χ0n) is 13.6. The van der Waals surface area contributed by atoms with E-state index < -0.39 is 0 Å². The molecule has 0 amide bonds. The lowest BCUT2D eigenvalue weighted by atomic mass is 10.1. The number of pyridine rings is 1. The van der Waals surface area contributed by atoms with E-state index in [2.05, 4.69) is 0 Å². The molecule has 0 spiro atoms. The van der Waals surface area contributed by atoms with Crippen LogP contribution in [0.2, 0.25) is 0 Å². The number of phenols is 1. The van der Waals surface area contributed by atoms with Crippen molar-refractivity contribution in [3.63, 3.8) is 0 Å². The standard InChI is InChI=1S/C20H18FNO3/c21-17-5-1-16(2-6-17)14-25-19-10-12-22(20(24)13-19)11-9-15-3-7-18(23)8-4-15/h1-8,10,12-13,23H,9,11,14H2. The highest BCUT2D eigenvalue weighted by molar-refractivity contribution is 5.26. The van der Waals surface area contributed by atoms with Crippen molar-refractivity contribution in [3.8, 4) is 11.5 Å². The lowest BCUT2D eigenvalue weighted by molar-refractivity contribution is 0.304. The highest BCUT2D eigenvalue weighted by Crippen LogP contribution is 2.12. The minimum absolute atomic E-state index is 0.143. The summed E-state index contributed by atoms with van der Waals surface area (Å²) in [6, 6.07) is 16.2. The molecule has 1 heterocycles. The Bertz CT molecular complexity index is 886. The van der Waals surface area contributed by atoms with Crippen LogP contribution in [0.3, 0.4) is 0 Å². The summed E-state index contributed by atoms with van der Waals surface area (Å²) in [6.45, 7) is 0.819. The predicted octanol–water partition coefficient (Wildman–Crippen LogP) is 3.51. The maximum Gasteiger partial charge on any atom is 0.254 e. The van der Waals surface area contributed by atoms with Gasteiger partial charge in [-0.1, -0.05) is 24.3 Å². The fourth-order valence-corrected chi connectivity index (χ4v) is 2.42. The summed E-state index contributed by atoms with van der Waals surface area (Å²) in [5.41, 5.74) is 1.73. The van der Waals surface area contributed by atoms with Crippen LogP contribution in [0.1, 0.15) is 11.1 Å². The number of nitrogens with zero attached hydrogens (tertiary/aromatic N) is 1. The molecule has 0 aliphatic heterocycles. The van der Waals surface area contributed by atoms with Gasteiger partial charge in [-0.2, -0.15) is 0 Å². The van der Waals surface area contributed by atoms with E-state index in [1.54, 1.807) is 41.1 Å². The topological polar surface area (TPSA) is 51.5 Å². The maximum atomic E-state index is 12.9. The molecule has 0 unspecified atom stereocenters. The molecule has 0 aliphatic carbocycles. The first-order valence-corrected chi connectivity index (χ1v) is 7.96. The summed E-state index contributed by atoms with van der Waals surface area (Å²) in [5.74, 6) is 0.416. The third-order valence-corrected chi connectivity index (χ3v) is 3.86. The van der Waals surface area contributed by atoms with Crippen LogP contribution in [0.15, 0.2) is 71.7 Å². The molecule has 0 saturated heterocycles. The minimum atomic E-state index is -0.292. The van der Waals surface area contributed by atoms with Crippen molar-refractivity contribution < 1.29 is 14.2 Å². The first-order valence-electron chi connectivity index (χ1n) is 7.96. The van der Waals surface area contributed by atoms with Crippen molar-refractivity contribution in [2.75, 3.05) is 0 Å². The SMILES string of the molecule is O=c1cc(OCc2ccc(F)cc2)ccn1CCc1ccc(O)cc1. The summed E-state index contributed by atoms with van der Waals surface area (Å²) in [6.07, 6.45) is 2.39. The highest BCUT2D eigenvalue weighted by Gasteiger charge is 2.02. The Morgan fingerprint density at radius 1 is 0.960 bits per heavy atom. The van der Waals surface area contributed by atoms with E-state index in [-0.39, 0.29) is 23.7 Å². The smallest absolute Gasteiger partial charge is 0.254 e. The van der Waals surface area contributed by atoms with Gasteiger partial charge in [-0.3, -0.25) is 4.79 Å². The fraction of sp³-hybridized carbons (Fsp3) is 0.150. The summed E-state index contributed by atoms with van der Waals surface area (Å²) in [4.78, 5) is 12.2. The second kappa shape index (κ2) is 7.66. The molecule has 0 radical (unpaired) electrons. The van der Waals surface area contributed by atoms with E-state index in [0.717, 1.165) is 11.1 Å². The van der Waals surface area contributed by atoms with E-state index in [1.165, 1.54) is 18.2 Å². The van der Waals surface area contributed by atoms with Crippen molar-refractivity contribution >= 4 is 0 Å². The number of hydrogen-bond acceptors (Lipinski definition) is 3. The first-order chi connectivity index (χ1) is 12.1. The summed E-state index contributed by atoms with van der Waals surface area (Å²) in [7, 11) is 0. The number of ether oxygens (including phenoxy) is 1. The van der Waals surface area contributed by atoms with Gasteiger partial charge in [0.1, 0.15) is 23.9 Å². The molecular formula is C20H18FNO3.